The van der Waals surface area contributed by atoms with Gasteiger partial charge in [-0.15, -0.1) is 0 Å². The lowest BCUT2D eigenvalue weighted by Gasteiger charge is -2.08. The molecule has 0 aromatic heterocycles. The number of carbonyl (C=O) groups is 1. The van der Waals surface area contributed by atoms with Crippen molar-refractivity contribution in [2.24, 2.45) is 0 Å². The molecule has 0 aliphatic heterocycles. The summed E-state index contributed by atoms with van der Waals surface area (Å²) in [7, 11) is 0. The first-order valence-corrected chi connectivity index (χ1v) is 6.35. The minimum atomic E-state index is -1.22. The minimum Gasteiger partial charge on any atom is -0.486 e. The van der Waals surface area contributed by atoms with E-state index in [-0.39, 0.29) is 17.9 Å². The highest BCUT2D eigenvalue weighted by Gasteiger charge is 2.09. The Morgan fingerprint density at radius 1 is 1.20 bits per heavy atom. The van der Waals surface area contributed by atoms with Crippen LogP contribution in [0, 0.1) is 11.6 Å². The highest BCUT2D eigenvalue weighted by Crippen LogP contribution is 2.21. The monoisotopic (exact) mass is 342 g/mol. The molecule has 104 valence electrons. The number of carboxylic acids is 1. The zero-order chi connectivity index (χ0) is 14.7. The summed E-state index contributed by atoms with van der Waals surface area (Å²) in [4.78, 5) is 10.7. The van der Waals surface area contributed by atoms with Crippen LogP contribution in [0.25, 0.3) is 0 Å². The van der Waals surface area contributed by atoms with Crippen molar-refractivity contribution in [3.63, 3.8) is 0 Å². The van der Waals surface area contributed by atoms with Crippen LogP contribution in [0.1, 0.15) is 15.9 Å². The van der Waals surface area contributed by atoms with Crippen molar-refractivity contribution in [1.82, 2.24) is 0 Å². The van der Waals surface area contributed by atoms with Gasteiger partial charge in [0.2, 0.25) is 0 Å². The fourth-order valence-electron chi connectivity index (χ4n) is 1.61. The van der Waals surface area contributed by atoms with Crippen LogP contribution in [0.15, 0.2) is 40.9 Å². The number of rotatable bonds is 4. The van der Waals surface area contributed by atoms with E-state index < -0.39 is 17.6 Å². The molecule has 2 aromatic rings. The Morgan fingerprint density at radius 3 is 2.55 bits per heavy atom. The Kier molecular flexibility index (Phi) is 4.34. The molecule has 2 rings (SSSR count). The smallest absolute Gasteiger partial charge is 0.335 e. The molecule has 0 unspecified atom stereocenters. The normalized spacial score (nSPS) is 10.3. The molecule has 0 radical (unpaired) electrons. The van der Waals surface area contributed by atoms with Crippen molar-refractivity contribution in [2.45, 2.75) is 6.61 Å². The molecule has 0 aliphatic rings. The van der Waals surface area contributed by atoms with Crippen LogP contribution >= 0.6 is 15.9 Å². The van der Waals surface area contributed by atoms with Crippen LogP contribution in [0.4, 0.5) is 8.78 Å². The van der Waals surface area contributed by atoms with E-state index in [2.05, 4.69) is 15.9 Å². The van der Waals surface area contributed by atoms with E-state index in [1.165, 1.54) is 24.3 Å². The van der Waals surface area contributed by atoms with Crippen molar-refractivity contribution in [1.29, 1.82) is 0 Å². The summed E-state index contributed by atoms with van der Waals surface area (Å²) in [5.41, 5.74) is 0.363. The molecule has 3 nitrogen and oxygen atoms in total. The largest absolute Gasteiger partial charge is 0.486 e. The predicted molar refractivity (Wildman–Crippen MR) is 71.8 cm³/mol. The van der Waals surface area contributed by atoms with Gasteiger partial charge in [-0.3, -0.25) is 0 Å². The molecule has 0 atom stereocenters. The van der Waals surface area contributed by atoms with Crippen LogP contribution in [-0.4, -0.2) is 11.1 Å². The van der Waals surface area contributed by atoms with Crippen LogP contribution in [0.2, 0.25) is 0 Å². The maximum absolute atomic E-state index is 13.6. The molecule has 1 N–H and O–H groups in total. The van der Waals surface area contributed by atoms with Gasteiger partial charge in [0.25, 0.3) is 0 Å². The van der Waals surface area contributed by atoms with Gasteiger partial charge in [-0.05, 0) is 42.0 Å². The lowest BCUT2D eigenvalue weighted by molar-refractivity contribution is 0.0696. The Hall–Kier alpha value is -1.95. The Morgan fingerprint density at radius 2 is 1.95 bits per heavy atom. The third kappa shape index (κ3) is 3.54. The minimum absolute atomic E-state index is 0.0281. The Balaban J connectivity index is 2.12. The molecule has 20 heavy (non-hydrogen) atoms. The van der Waals surface area contributed by atoms with Crippen molar-refractivity contribution in [3.05, 3.63) is 63.6 Å². The lowest BCUT2D eigenvalue weighted by Crippen LogP contribution is -2.01. The van der Waals surface area contributed by atoms with Crippen molar-refractivity contribution < 1.29 is 23.4 Å². The maximum Gasteiger partial charge on any atom is 0.335 e. The first-order valence-electron chi connectivity index (χ1n) is 5.56. The molecule has 6 heteroatoms. The van der Waals surface area contributed by atoms with Crippen LogP contribution < -0.4 is 4.74 Å². The number of benzene rings is 2. The number of ether oxygens (including phenoxy) is 1. The van der Waals surface area contributed by atoms with Crippen molar-refractivity contribution >= 4 is 21.9 Å². The average molecular weight is 343 g/mol. The summed E-state index contributed by atoms with van der Waals surface area (Å²) in [6.45, 7) is -0.0281. The quantitative estimate of drug-likeness (QED) is 0.913. The highest BCUT2D eigenvalue weighted by molar-refractivity contribution is 9.10. The van der Waals surface area contributed by atoms with Gasteiger partial charge in [0.1, 0.15) is 12.4 Å². The highest BCUT2D eigenvalue weighted by atomic mass is 79.9. The maximum atomic E-state index is 13.6. The third-order valence-corrected chi connectivity index (χ3v) is 2.95. The first-order chi connectivity index (χ1) is 9.45. The van der Waals surface area contributed by atoms with E-state index in [0.29, 0.717) is 10.0 Å². The van der Waals surface area contributed by atoms with Gasteiger partial charge in [-0.25, -0.2) is 13.6 Å². The predicted octanol–water partition coefficient (Wildman–Crippen LogP) is 4.00. The van der Waals surface area contributed by atoms with Crippen LogP contribution in [0.3, 0.4) is 0 Å². The van der Waals surface area contributed by atoms with Gasteiger partial charge in [0.15, 0.2) is 11.6 Å². The number of hydrogen-bond donors (Lipinski definition) is 1. The molecule has 0 saturated heterocycles. The summed E-state index contributed by atoms with van der Waals surface area (Å²) >= 11 is 3.14. The molecule has 0 saturated carbocycles. The van der Waals surface area contributed by atoms with Gasteiger partial charge in [0, 0.05) is 4.47 Å². The number of carboxylic acid groups (broad SMARTS) is 1. The number of halogens is 3. The molecule has 0 heterocycles. The molecule has 0 aliphatic carbocycles. The summed E-state index contributed by atoms with van der Waals surface area (Å²) in [5.74, 6) is -2.51. The number of aromatic carboxylic acids is 1. The van der Waals surface area contributed by atoms with E-state index in [1.807, 2.05) is 0 Å². The molecule has 0 bridgehead atoms. The molecule has 0 spiro atoms. The summed E-state index contributed by atoms with van der Waals surface area (Å²) < 4.78 is 32.5. The lowest BCUT2D eigenvalue weighted by atomic mass is 10.2. The summed E-state index contributed by atoms with van der Waals surface area (Å²) in [6.07, 6.45) is 0. The topological polar surface area (TPSA) is 46.5 Å². The fraction of sp³-hybridized carbons (Fsp3) is 0.0714. The average Bonchev–Trinajstić information content (AvgIpc) is 2.36. The SMILES string of the molecule is O=C(O)c1ccc(OCc2cc(F)cc(Br)c2)c(F)c1. The molecule has 0 fully saturated rings. The van der Waals surface area contributed by atoms with Crippen LogP contribution in [-0.2, 0) is 6.61 Å². The Labute approximate surface area is 121 Å². The van der Waals surface area contributed by atoms with E-state index in [4.69, 9.17) is 9.84 Å². The van der Waals surface area contributed by atoms with E-state index >= 15 is 0 Å². The van der Waals surface area contributed by atoms with Crippen molar-refractivity contribution in [2.75, 3.05) is 0 Å². The molecule has 0 amide bonds. The van der Waals surface area contributed by atoms with Gasteiger partial charge in [0.05, 0.1) is 5.56 Å². The second-order valence-corrected chi connectivity index (χ2v) is 4.93. The second-order valence-electron chi connectivity index (χ2n) is 4.02. The fourth-order valence-corrected chi connectivity index (χ4v) is 2.12. The van der Waals surface area contributed by atoms with Crippen molar-refractivity contribution in [3.8, 4) is 5.75 Å². The van der Waals surface area contributed by atoms with Gasteiger partial charge < -0.3 is 9.84 Å². The first kappa shape index (κ1) is 14.5. The van der Waals surface area contributed by atoms with E-state index in [1.54, 1.807) is 6.07 Å². The van der Waals surface area contributed by atoms with Gasteiger partial charge in [-0.1, -0.05) is 15.9 Å². The Bertz CT molecular complexity index is 639. The summed E-state index contributed by atoms with van der Waals surface area (Å²) in [5, 5.41) is 8.71. The zero-order valence-corrected chi connectivity index (χ0v) is 11.7. The van der Waals surface area contributed by atoms with Gasteiger partial charge >= 0.3 is 5.97 Å². The number of hydrogen-bond acceptors (Lipinski definition) is 2. The molecule has 2 aromatic carbocycles. The van der Waals surface area contributed by atoms with E-state index in [0.717, 1.165) is 6.07 Å². The third-order valence-electron chi connectivity index (χ3n) is 2.50. The second kappa shape index (κ2) is 6.00. The standard InChI is InChI=1S/C14H9BrF2O3/c15-10-3-8(4-11(16)6-10)7-20-13-2-1-9(14(18)19)5-12(13)17/h1-6H,7H2,(H,18,19). The van der Waals surface area contributed by atoms with E-state index in [9.17, 15) is 13.6 Å². The zero-order valence-electron chi connectivity index (χ0n) is 10.1. The van der Waals surface area contributed by atoms with Crippen LogP contribution in [0.5, 0.6) is 5.75 Å². The molecular formula is C14H9BrF2O3. The van der Waals surface area contributed by atoms with Gasteiger partial charge in [-0.2, -0.15) is 0 Å². The summed E-state index contributed by atoms with van der Waals surface area (Å²) in [6, 6.07) is 7.56. The molecular weight excluding hydrogens is 334 g/mol.